The summed E-state index contributed by atoms with van der Waals surface area (Å²) in [5, 5.41) is 16.6. The maximum Gasteiger partial charge on any atom is 0.158 e. The van der Waals surface area contributed by atoms with Crippen molar-refractivity contribution in [1.29, 1.82) is 5.26 Å². The molecule has 0 bridgehead atoms. The van der Waals surface area contributed by atoms with Crippen LogP contribution in [0.1, 0.15) is 25.3 Å². The van der Waals surface area contributed by atoms with Crippen LogP contribution in [-0.4, -0.2) is 32.1 Å². The highest BCUT2D eigenvalue weighted by Gasteiger charge is 2.31. The Kier molecular flexibility index (Phi) is 7.73. The van der Waals surface area contributed by atoms with Crippen LogP contribution in [0.15, 0.2) is 46.1 Å². The molecule has 0 spiro atoms. The summed E-state index contributed by atoms with van der Waals surface area (Å²) in [6.45, 7) is 7.14. The van der Waals surface area contributed by atoms with Gasteiger partial charge < -0.3 is 15.4 Å². The zero-order valence-corrected chi connectivity index (χ0v) is 16.5. The highest BCUT2D eigenvalue weighted by molar-refractivity contribution is 7.84. The van der Waals surface area contributed by atoms with Gasteiger partial charge in [-0.15, -0.1) is 12.6 Å². The maximum atomic E-state index is 11.9. The number of allylic oxidation sites excluding steroid dienone is 3. The summed E-state index contributed by atoms with van der Waals surface area (Å²) in [6, 6.07) is 9.29. The molecule has 1 fully saturated rings. The fourth-order valence-corrected chi connectivity index (χ4v) is 3.37. The Morgan fingerprint density at radius 1 is 1.31 bits per heavy atom. The summed E-state index contributed by atoms with van der Waals surface area (Å²) in [7, 11) is 0. The van der Waals surface area contributed by atoms with E-state index in [9.17, 15) is 10.1 Å². The zero-order valence-electron chi connectivity index (χ0n) is 14.8. The molecule has 5 nitrogen and oxygen atoms in total. The molecular weight excluding hydrogens is 370 g/mol. The lowest BCUT2D eigenvalue weighted by atomic mass is 9.81. The number of dihydropyridines is 1. The van der Waals surface area contributed by atoms with Crippen LogP contribution < -0.4 is 10.6 Å². The topological polar surface area (TPSA) is 74.2 Å². The van der Waals surface area contributed by atoms with Gasteiger partial charge in [-0.1, -0.05) is 23.7 Å². The average Bonchev–Trinajstić information content (AvgIpc) is 2.63. The van der Waals surface area contributed by atoms with Crippen LogP contribution in [0.25, 0.3) is 0 Å². The summed E-state index contributed by atoms with van der Waals surface area (Å²) in [4.78, 5) is 11.9. The van der Waals surface area contributed by atoms with Gasteiger partial charge in [0, 0.05) is 29.4 Å². The molecule has 1 saturated heterocycles. The van der Waals surface area contributed by atoms with Crippen molar-refractivity contribution in [1.82, 2.24) is 10.6 Å². The molecule has 7 heteroatoms. The number of carbonyl (C=O) groups is 1. The number of nitriles is 1. The molecule has 1 atom stereocenters. The third-order valence-corrected chi connectivity index (χ3v) is 4.70. The summed E-state index contributed by atoms with van der Waals surface area (Å²) in [5.41, 5.74) is 2.60. The van der Waals surface area contributed by atoms with Crippen molar-refractivity contribution in [3.8, 4) is 6.07 Å². The highest BCUT2D eigenvalue weighted by Crippen LogP contribution is 2.39. The Morgan fingerprint density at radius 2 is 1.92 bits per heavy atom. The van der Waals surface area contributed by atoms with Crippen molar-refractivity contribution in [2.75, 3.05) is 26.3 Å². The molecule has 2 aliphatic heterocycles. The van der Waals surface area contributed by atoms with Crippen molar-refractivity contribution in [2.24, 2.45) is 0 Å². The number of Topliss-reactive ketones (excluding diaryl/α,β-unsaturated/α-hetero) is 1. The monoisotopic (exact) mass is 391 g/mol. The predicted octanol–water partition coefficient (Wildman–Crippen LogP) is 3.16. The quantitative estimate of drug-likeness (QED) is 0.675. The average molecular weight is 392 g/mol. The lowest BCUT2D eigenvalue weighted by Gasteiger charge is -2.27. The largest absolute Gasteiger partial charge is 0.379 e. The van der Waals surface area contributed by atoms with Crippen LogP contribution in [0.5, 0.6) is 0 Å². The number of carbonyl (C=O) groups excluding carboxylic acids is 1. The highest BCUT2D eigenvalue weighted by atomic mass is 35.5. The van der Waals surface area contributed by atoms with E-state index in [2.05, 4.69) is 29.3 Å². The van der Waals surface area contributed by atoms with E-state index in [1.165, 1.54) is 6.92 Å². The molecule has 0 radical (unpaired) electrons. The number of halogens is 1. The lowest BCUT2D eigenvalue weighted by Crippen LogP contribution is -2.30. The van der Waals surface area contributed by atoms with Crippen molar-refractivity contribution >= 4 is 30.0 Å². The molecule has 0 amide bonds. The number of hydrogen-bond acceptors (Lipinski definition) is 6. The van der Waals surface area contributed by atoms with E-state index >= 15 is 0 Å². The van der Waals surface area contributed by atoms with E-state index in [4.69, 9.17) is 16.3 Å². The molecule has 0 aromatic heterocycles. The molecular formula is C19H22ClN3O2S. The molecule has 2 heterocycles. The predicted molar refractivity (Wildman–Crippen MR) is 106 cm³/mol. The Balaban J connectivity index is 0.000000342. The summed E-state index contributed by atoms with van der Waals surface area (Å²) >= 11 is 10.2. The van der Waals surface area contributed by atoms with Crippen molar-refractivity contribution in [2.45, 2.75) is 19.8 Å². The van der Waals surface area contributed by atoms with Crippen LogP contribution in [0, 0.1) is 11.3 Å². The molecule has 2 N–H and O–H groups in total. The first-order valence-corrected chi connectivity index (χ1v) is 9.14. The van der Waals surface area contributed by atoms with Gasteiger partial charge in [0.05, 0.1) is 35.8 Å². The van der Waals surface area contributed by atoms with E-state index in [0.717, 1.165) is 37.6 Å². The first-order valence-electron chi connectivity index (χ1n) is 8.31. The normalized spacial score (nSPS) is 19.9. The number of benzene rings is 1. The van der Waals surface area contributed by atoms with Crippen LogP contribution in [0.2, 0.25) is 5.02 Å². The number of ether oxygens (including phenoxy) is 1. The molecule has 1 aromatic carbocycles. The van der Waals surface area contributed by atoms with Gasteiger partial charge in [-0.3, -0.25) is 4.79 Å². The zero-order chi connectivity index (χ0) is 19.1. The number of nitrogens with one attached hydrogen (secondary N) is 2. The van der Waals surface area contributed by atoms with E-state index in [1.54, 1.807) is 12.1 Å². The molecule has 2 aliphatic rings. The minimum atomic E-state index is -0.400. The molecule has 1 aromatic rings. The second kappa shape index (κ2) is 9.79. The minimum Gasteiger partial charge on any atom is -0.379 e. The summed E-state index contributed by atoms with van der Waals surface area (Å²) in [5.74, 6) is -0.466. The molecule has 0 aliphatic carbocycles. The van der Waals surface area contributed by atoms with Gasteiger partial charge in [-0.05, 0) is 31.5 Å². The Morgan fingerprint density at radius 3 is 2.35 bits per heavy atom. The number of rotatable bonds is 2. The summed E-state index contributed by atoms with van der Waals surface area (Å²) < 4.78 is 5.01. The Bertz CT molecular complexity index is 750. The second-order valence-electron chi connectivity index (χ2n) is 5.94. The number of thiol groups is 1. The third-order valence-electron chi connectivity index (χ3n) is 4.09. The first-order chi connectivity index (χ1) is 12.5. The van der Waals surface area contributed by atoms with E-state index in [1.807, 2.05) is 19.1 Å². The molecule has 0 saturated carbocycles. The van der Waals surface area contributed by atoms with Gasteiger partial charge in [0.25, 0.3) is 0 Å². The minimum absolute atomic E-state index is 0.0662. The van der Waals surface area contributed by atoms with Crippen LogP contribution >= 0.6 is 24.2 Å². The van der Waals surface area contributed by atoms with E-state index < -0.39 is 5.92 Å². The number of ketones is 1. The van der Waals surface area contributed by atoms with Crippen molar-refractivity contribution in [3.05, 3.63) is 56.7 Å². The molecule has 138 valence electrons. The smallest absolute Gasteiger partial charge is 0.158 e. The maximum absolute atomic E-state index is 11.9. The lowest BCUT2D eigenvalue weighted by molar-refractivity contribution is -0.113. The SMILES string of the molecule is C1COCCN1.CC(=O)C1=C(C)NC(S)=C(C#N)C1c1ccc(Cl)cc1. The number of morpholine rings is 1. The van der Waals surface area contributed by atoms with Gasteiger partial charge in [0.15, 0.2) is 5.78 Å². The van der Waals surface area contributed by atoms with Gasteiger partial charge in [0.1, 0.15) is 0 Å². The van der Waals surface area contributed by atoms with E-state index in [0.29, 0.717) is 21.2 Å². The molecule has 1 unspecified atom stereocenters. The fourth-order valence-electron chi connectivity index (χ4n) is 2.90. The van der Waals surface area contributed by atoms with Gasteiger partial charge >= 0.3 is 0 Å². The standard InChI is InChI=1S/C15H13ClN2OS.C4H9NO/c1-8-13(9(2)19)14(12(7-17)15(20)18-8)10-3-5-11(16)6-4-10;1-3-6-4-2-5-1/h3-6,14,18,20H,1-2H3;5H,1-4H2. The third kappa shape index (κ3) is 5.12. The Hall–Kier alpha value is -1.78. The van der Waals surface area contributed by atoms with Crippen LogP contribution in [0.3, 0.4) is 0 Å². The van der Waals surface area contributed by atoms with Crippen LogP contribution in [0.4, 0.5) is 0 Å². The summed E-state index contributed by atoms with van der Waals surface area (Å²) in [6.07, 6.45) is 0. The van der Waals surface area contributed by atoms with Gasteiger partial charge in [0.2, 0.25) is 0 Å². The van der Waals surface area contributed by atoms with Crippen molar-refractivity contribution < 1.29 is 9.53 Å². The number of hydrogen-bond donors (Lipinski definition) is 3. The first kappa shape index (κ1) is 20.5. The Labute approximate surface area is 164 Å². The second-order valence-corrected chi connectivity index (χ2v) is 6.82. The van der Waals surface area contributed by atoms with Gasteiger partial charge in [-0.2, -0.15) is 5.26 Å². The fraction of sp³-hybridized carbons (Fsp3) is 0.368. The van der Waals surface area contributed by atoms with Crippen LogP contribution in [-0.2, 0) is 9.53 Å². The van der Waals surface area contributed by atoms with Crippen molar-refractivity contribution in [3.63, 3.8) is 0 Å². The molecule has 3 rings (SSSR count). The number of nitrogens with zero attached hydrogens (tertiary/aromatic N) is 1. The van der Waals surface area contributed by atoms with E-state index in [-0.39, 0.29) is 5.78 Å². The molecule has 26 heavy (non-hydrogen) atoms. The van der Waals surface area contributed by atoms with Gasteiger partial charge in [-0.25, -0.2) is 0 Å².